The Morgan fingerprint density at radius 3 is 2.94 bits per heavy atom. The van der Waals surface area contributed by atoms with Crippen molar-refractivity contribution in [1.82, 2.24) is 9.97 Å². The fourth-order valence-electron chi connectivity index (χ4n) is 1.58. The largest absolute Gasteiger partial charge is 0.369 e. The standard InChI is InChI=1S/C13H14N4S/c1-13(2,11-4-3-5-18-11)8-15-12-6-10(7-14)16-9-17-12/h3-6,9H,8H2,1-2H3,(H,15,16,17). The summed E-state index contributed by atoms with van der Waals surface area (Å²) in [6.45, 7) is 5.12. The number of nitrogens with one attached hydrogen (secondary N) is 1. The van der Waals surface area contributed by atoms with E-state index >= 15 is 0 Å². The Labute approximate surface area is 110 Å². The first-order chi connectivity index (χ1) is 8.62. The number of nitriles is 1. The van der Waals surface area contributed by atoms with E-state index in [9.17, 15) is 0 Å². The third-order valence-corrected chi connectivity index (χ3v) is 3.92. The predicted molar refractivity (Wildman–Crippen MR) is 72.6 cm³/mol. The first kappa shape index (κ1) is 12.5. The molecule has 0 bridgehead atoms. The van der Waals surface area contributed by atoms with E-state index in [1.165, 1.54) is 11.2 Å². The SMILES string of the molecule is CC(C)(CNc1cc(C#N)ncn1)c1cccs1. The van der Waals surface area contributed by atoms with Crippen LogP contribution in [0.2, 0.25) is 0 Å². The summed E-state index contributed by atoms with van der Waals surface area (Å²) in [7, 11) is 0. The second kappa shape index (κ2) is 5.15. The van der Waals surface area contributed by atoms with Crippen molar-refractivity contribution in [2.24, 2.45) is 0 Å². The zero-order valence-electron chi connectivity index (χ0n) is 10.3. The minimum atomic E-state index is 0.0337. The van der Waals surface area contributed by atoms with Gasteiger partial charge in [-0.2, -0.15) is 5.26 Å². The van der Waals surface area contributed by atoms with Crippen LogP contribution in [-0.4, -0.2) is 16.5 Å². The number of rotatable bonds is 4. The van der Waals surface area contributed by atoms with E-state index < -0.39 is 0 Å². The number of nitrogens with zero attached hydrogens (tertiary/aromatic N) is 3. The Bertz CT molecular complexity index is 555. The van der Waals surface area contributed by atoms with Crippen LogP contribution in [0.4, 0.5) is 5.82 Å². The Hall–Kier alpha value is -1.93. The zero-order chi connectivity index (χ0) is 13.0. The monoisotopic (exact) mass is 258 g/mol. The lowest BCUT2D eigenvalue weighted by atomic mass is 9.91. The molecule has 0 amide bonds. The van der Waals surface area contributed by atoms with Crippen LogP contribution >= 0.6 is 11.3 Å². The number of anilines is 1. The summed E-state index contributed by atoms with van der Waals surface area (Å²) in [4.78, 5) is 9.27. The smallest absolute Gasteiger partial charge is 0.145 e. The van der Waals surface area contributed by atoms with Crippen molar-refractivity contribution in [3.63, 3.8) is 0 Å². The van der Waals surface area contributed by atoms with Gasteiger partial charge in [0.25, 0.3) is 0 Å². The zero-order valence-corrected chi connectivity index (χ0v) is 11.2. The predicted octanol–water partition coefficient (Wildman–Crippen LogP) is 2.80. The van der Waals surface area contributed by atoms with Gasteiger partial charge in [0.2, 0.25) is 0 Å². The maximum Gasteiger partial charge on any atom is 0.145 e. The Morgan fingerprint density at radius 1 is 1.44 bits per heavy atom. The summed E-state index contributed by atoms with van der Waals surface area (Å²) in [5.74, 6) is 0.686. The van der Waals surface area contributed by atoms with Gasteiger partial charge in [0, 0.05) is 22.9 Å². The van der Waals surface area contributed by atoms with E-state index in [4.69, 9.17) is 5.26 Å². The molecule has 0 radical (unpaired) electrons. The number of aromatic nitrogens is 2. The van der Waals surface area contributed by atoms with E-state index in [0.717, 1.165) is 6.54 Å². The normalized spacial score (nSPS) is 10.9. The third kappa shape index (κ3) is 2.84. The van der Waals surface area contributed by atoms with Gasteiger partial charge in [-0.3, -0.25) is 0 Å². The summed E-state index contributed by atoms with van der Waals surface area (Å²) in [5, 5.41) is 14.1. The minimum absolute atomic E-state index is 0.0337. The van der Waals surface area contributed by atoms with E-state index in [0.29, 0.717) is 11.5 Å². The molecule has 0 aliphatic rings. The van der Waals surface area contributed by atoms with Crippen molar-refractivity contribution < 1.29 is 0 Å². The van der Waals surface area contributed by atoms with Crippen LogP contribution in [0, 0.1) is 11.3 Å². The van der Waals surface area contributed by atoms with Crippen LogP contribution in [0.25, 0.3) is 0 Å². The Balaban J connectivity index is 2.05. The summed E-state index contributed by atoms with van der Waals surface area (Å²) < 4.78 is 0. The van der Waals surface area contributed by atoms with Gasteiger partial charge in [0.15, 0.2) is 0 Å². The fourth-order valence-corrected chi connectivity index (χ4v) is 2.43. The molecule has 4 nitrogen and oxygen atoms in total. The molecule has 0 atom stereocenters. The number of hydrogen-bond acceptors (Lipinski definition) is 5. The van der Waals surface area contributed by atoms with Crippen molar-refractivity contribution in [1.29, 1.82) is 5.26 Å². The van der Waals surface area contributed by atoms with Crippen LogP contribution < -0.4 is 5.32 Å². The van der Waals surface area contributed by atoms with Crippen LogP contribution in [0.3, 0.4) is 0 Å². The molecular formula is C13H14N4S. The van der Waals surface area contributed by atoms with Crippen molar-refractivity contribution >= 4 is 17.2 Å². The molecule has 0 aliphatic heterocycles. The molecule has 0 saturated heterocycles. The van der Waals surface area contributed by atoms with E-state index in [2.05, 4.69) is 46.6 Å². The van der Waals surface area contributed by atoms with Gasteiger partial charge in [-0.15, -0.1) is 11.3 Å². The summed E-state index contributed by atoms with van der Waals surface area (Å²) >= 11 is 1.75. The number of hydrogen-bond donors (Lipinski definition) is 1. The minimum Gasteiger partial charge on any atom is -0.369 e. The van der Waals surface area contributed by atoms with Crippen molar-refractivity contribution in [2.75, 3.05) is 11.9 Å². The molecule has 92 valence electrons. The Morgan fingerprint density at radius 2 is 2.28 bits per heavy atom. The van der Waals surface area contributed by atoms with E-state index in [1.54, 1.807) is 17.4 Å². The lowest BCUT2D eigenvalue weighted by Crippen LogP contribution is -2.26. The molecule has 0 unspecified atom stereocenters. The maximum absolute atomic E-state index is 8.77. The molecule has 0 saturated carbocycles. The highest BCUT2D eigenvalue weighted by atomic mass is 32.1. The molecule has 2 aromatic rings. The van der Waals surface area contributed by atoms with Gasteiger partial charge < -0.3 is 5.32 Å². The Kier molecular flexibility index (Phi) is 3.58. The van der Waals surface area contributed by atoms with Gasteiger partial charge in [-0.1, -0.05) is 19.9 Å². The van der Waals surface area contributed by atoms with Crippen LogP contribution in [-0.2, 0) is 5.41 Å². The molecular weight excluding hydrogens is 244 g/mol. The lowest BCUT2D eigenvalue weighted by Gasteiger charge is -2.23. The van der Waals surface area contributed by atoms with Gasteiger partial charge in [-0.05, 0) is 11.4 Å². The second-order valence-corrected chi connectivity index (χ2v) is 5.56. The van der Waals surface area contributed by atoms with E-state index in [1.807, 2.05) is 6.07 Å². The van der Waals surface area contributed by atoms with Crippen LogP contribution in [0.15, 0.2) is 29.9 Å². The topological polar surface area (TPSA) is 61.6 Å². The van der Waals surface area contributed by atoms with E-state index in [-0.39, 0.29) is 5.41 Å². The highest BCUT2D eigenvalue weighted by Gasteiger charge is 2.21. The molecule has 0 aliphatic carbocycles. The van der Waals surface area contributed by atoms with Crippen molar-refractivity contribution in [3.8, 4) is 6.07 Å². The average Bonchev–Trinajstić information content (AvgIpc) is 2.91. The molecule has 2 heterocycles. The van der Waals surface area contributed by atoms with Gasteiger partial charge in [-0.25, -0.2) is 9.97 Å². The molecule has 1 N–H and O–H groups in total. The first-order valence-corrected chi connectivity index (χ1v) is 6.50. The molecule has 18 heavy (non-hydrogen) atoms. The molecule has 5 heteroatoms. The fraction of sp³-hybridized carbons (Fsp3) is 0.308. The lowest BCUT2D eigenvalue weighted by molar-refractivity contribution is 0.568. The third-order valence-electron chi connectivity index (χ3n) is 2.68. The average molecular weight is 258 g/mol. The highest BCUT2D eigenvalue weighted by molar-refractivity contribution is 7.10. The van der Waals surface area contributed by atoms with Gasteiger partial charge >= 0.3 is 0 Å². The summed E-state index contributed by atoms with van der Waals surface area (Å²) in [6.07, 6.45) is 1.40. The maximum atomic E-state index is 8.77. The molecule has 0 aromatic carbocycles. The van der Waals surface area contributed by atoms with Crippen LogP contribution in [0.1, 0.15) is 24.4 Å². The van der Waals surface area contributed by atoms with Gasteiger partial charge in [0.05, 0.1) is 0 Å². The second-order valence-electron chi connectivity index (χ2n) is 4.62. The number of thiophene rings is 1. The quantitative estimate of drug-likeness (QED) is 0.916. The first-order valence-electron chi connectivity index (χ1n) is 5.62. The van der Waals surface area contributed by atoms with Gasteiger partial charge in [0.1, 0.15) is 23.9 Å². The van der Waals surface area contributed by atoms with Crippen molar-refractivity contribution in [3.05, 3.63) is 40.5 Å². The molecule has 2 rings (SSSR count). The highest BCUT2D eigenvalue weighted by Crippen LogP contribution is 2.27. The van der Waals surface area contributed by atoms with Crippen LogP contribution in [0.5, 0.6) is 0 Å². The summed E-state index contributed by atoms with van der Waals surface area (Å²) in [5.41, 5.74) is 0.410. The molecule has 2 aromatic heterocycles. The molecule has 0 fully saturated rings. The van der Waals surface area contributed by atoms with Crippen molar-refractivity contribution in [2.45, 2.75) is 19.3 Å². The summed E-state index contributed by atoms with van der Waals surface area (Å²) in [6, 6.07) is 7.85. The molecule has 0 spiro atoms.